The summed E-state index contributed by atoms with van der Waals surface area (Å²) in [5, 5.41) is 18.0. The van der Waals surface area contributed by atoms with Crippen LogP contribution in [0.15, 0.2) is 41.0 Å². The zero-order chi connectivity index (χ0) is 13.8. The Morgan fingerprint density at radius 3 is 2.84 bits per heavy atom. The number of rotatable bonds is 4. The molecule has 1 aromatic heterocycles. The van der Waals surface area contributed by atoms with E-state index in [9.17, 15) is 4.79 Å². The summed E-state index contributed by atoms with van der Waals surface area (Å²) in [5.74, 6) is -1.16. The summed E-state index contributed by atoms with van der Waals surface area (Å²) in [7, 11) is 1.80. The second kappa shape index (κ2) is 5.27. The molecular formula is C14H12N2O3. The van der Waals surface area contributed by atoms with E-state index in [0.29, 0.717) is 17.7 Å². The van der Waals surface area contributed by atoms with Crippen LogP contribution in [0.3, 0.4) is 0 Å². The van der Waals surface area contributed by atoms with Gasteiger partial charge in [-0.2, -0.15) is 5.26 Å². The van der Waals surface area contributed by atoms with Gasteiger partial charge in [0.05, 0.1) is 17.5 Å². The maximum atomic E-state index is 11.0. The van der Waals surface area contributed by atoms with Crippen molar-refractivity contribution in [3.8, 4) is 6.07 Å². The van der Waals surface area contributed by atoms with Crippen molar-refractivity contribution in [3.63, 3.8) is 0 Å². The molecule has 0 aliphatic carbocycles. The van der Waals surface area contributed by atoms with Gasteiger partial charge in [-0.25, -0.2) is 4.79 Å². The Morgan fingerprint density at radius 2 is 2.16 bits per heavy atom. The first-order chi connectivity index (χ1) is 9.13. The SMILES string of the molecule is CN(Cc1ccoc1C(=O)O)c1ccccc1C#N. The zero-order valence-corrected chi connectivity index (χ0v) is 10.3. The minimum atomic E-state index is -1.10. The number of nitriles is 1. The van der Waals surface area contributed by atoms with Gasteiger partial charge in [-0.1, -0.05) is 12.1 Å². The lowest BCUT2D eigenvalue weighted by Crippen LogP contribution is -2.18. The van der Waals surface area contributed by atoms with Gasteiger partial charge in [0, 0.05) is 19.2 Å². The number of carbonyl (C=O) groups is 1. The average Bonchev–Trinajstić information content (AvgIpc) is 2.87. The van der Waals surface area contributed by atoms with E-state index in [-0.39, 0.29) is 5.76 Å². The van der Waals surface area contributed by atoms with Crippen LogP contribution >= 0.6 is 0 Å². The summed E-state index contributed by atoms with van der Waals surface area (Å²) in [6.45, 7) is 0.358. The largest absolute Gasteiger partial charge is 0.475 e. The Hall–Kier alpha value is -2.74. The summed E-state index contributed by atoms with van der Waals surface area (Å²) in [4.78, 5) is 12.8. The van der Waals surface area contributed by atoms with E-state index in [1.165, 1.54) is 6.26 Å². The smallest absolute Gasteiger partial charge is 0.372 e. The second-order valence-corrected chi connectivity index (χ2v) is 4.07. The van der Waals surface area contributed by atoms with Gasteiger partial charge in [-0.05, 0) is 18.2 Å². The van der Waals surface area contributed by atoms with Crippen molar-refractivity contribution in [1.82, 2.24) is 0 Å². The minimum absolute atomic E-state index is 0.0683. The fraction of sp³-hybridized carbons (Fsp3) is 0.143. The summed E-state index contributed by atoms with van der Waals surface area (Å²) in [6, 6.07) is 10.9. The molecule has 0 bridgehead atoms. The van der Waals surface area contributed by atoms with Crippen LogP contribution < -0.4 is 4.90 Å². The highest BCUT2D eigenvalue weighted by molar-refractivity contribution is 5.86. The average molecular weight is 256 g/mol. The Balaban J connectivity index is 2.26. The molecule has 0 unspecified atom stereocenters. The third kappa shape index (κ3) is 2.58. The normalized spacial score (nSPS) is 9.89. The number of furan rings is 1. The van der Waals surface area contributed by atoms with E-state index in [4.69, 9.17) is 14.8 Å². The molecule has 1 heterocycles. The molecule has 0 atom stereocenters. The van der Waals surface area contributed by atoms with Gasteiger partial charge in [-0.3, -0.25) is 0 Å². The van der Waals surface area contributed by atoms with E-state index >= 15 is 0 Å². The second-order valence-electron chi connectivity index (χ2n) is 4.07. The molecule has 0 saturated heterocycles. The van der Waals surface area contributed by atoms with Crippen LogP contribution in [0.5, 0.6) is 0 Å². The molecule has 5 heteroatoms. The minimum Gasteiger partial charge on any atom is -0.475 e. The molecule has 2 aromatic rings. The zero-order valence-electron chi connectivity index (χ0n) is 10.3. The van der Waals surface area contributed by atoms with Crippen molar-refractivity contribution >= 4 is 11.7 Å². The topological polar surface area (TPSA) is 77.5 Å². The number of hydrogen-bond acceptors (Lipinski definition) is 4. The molecule has 0 saturated carbocycles. The number of anilines is 1. The van der Waals surface area contributed by atoms with Gasteiger partial charge >= 0.3 is 5.97 Å². The monoisotopic (exact) mass is 256 g/mol. The van der Waals surface area contributed by atoms with Crippen molar-refractivity contribution in [2.45, 2.75) is 6.54 Å². The number of para-hydroxylation sites is 1. The Kier molecular flexibility index (Phi) is 3.53. The summed E-state index contributed by atoms with van der Waals surface area (Å²) in [6.07, 6.45) is 1.35. The summed E-state index contributed by atoms with van der Waals surface area (Å²) in [5.41, 5.74) is 1.87. The standard InChI is InChI=1S/C14H12N2O3/c1-16(12-5-3-2-4-10(12)8-15)9-11-6-7-19-13(11)14(17)18/h2-7H,9H2,1H3,(H,17,18). The van der Waals surface area contributed by atoms with Gasteiger partial charge in [0.1, 0.15) is 6.07 Å². The molecule has 1 aromatic carbocycles. The quantitative estimate of drug-likeness (QED) is 0.909. The first-order valence-electron chi connectivity index (χ1n) is 5.63. The molecule has 1 N–H and O–H groups in total. The molecule has 0 spiro atoms. The maximum Gasteiger partial charge on any atom is 0.372 e. The molecule has 0 aliphatic rings. The van der Waals surface area contributed by atoms with Crippen molar-refractivity contribution in [1.29, 1.82) is 5.26 Å². The van der Waals surface area contributed by atoms with Crippen LogP contribution in [-0.2, 0) is 6.54 Å². The molecule has 2 rings (SSSR count). The third-order valence-electron chi connectivity index (χ3n) is 2.78. The first kappa shape index (κ1) is 12.7. The molecular weight excluding hydrogens is 244 g/mol. The van der Waals surface area contributed by atoms with Crippen molar-refractivity contribution in [2.75, 3.05) is 11.9 Å². The van der Waals surface area contributed by atoms with Gasteiger partial charge < -0.3 is 14.4 Å². The maximum absolute atomic E-state index is 11.0. The van der Waals surface area contributed by atoms with E-state index < -0.39 is 5.97 Å². The van der Waals surface area contributed by atoms with Crippen LogP contribution in [0, 0.1) is 11.3 Å². The molecule has 0 aliphatic heterocycles. The molecule has 0 radical (unpaired) electrons. The molecule has 5 nitrogen and oxygen atoms in total. The number of benzene rings is 1. The van der Waals surface area contributed by atoms with E-state index in [1.54, 1.807) is 25.2 Å². The van der Waals surface area contributed by atoms with Crippen LogP contribution in [0.1, 0.15) is 21.7 Å². The fourth-order valence-electron chi connectivity index (χ4n) is 1.89. The van der Waals surface area contributed by atoms with Crippen molar-refractivity contribution in [3.05, 3.63) is 53.5 Å². The number of carboxylic acid groups (broad SMARTS) is 1. The van der Waals surface area contributed by atoms with E-state index in [2.05, 4.69) is 6.07 Å². The number of hydrogen-bond donors (Lipinski definition) is 1. The molecule has 0 fully saturated rings. The Morgan fingerprint density at radius 1 is 1.42 bits per heavy atom. The number of carboxylic acids is 1. The first-order valence-corrected chi connectivity index (χ1v) is 5.63. The summed E-state index contributed by atoms with van der Waals surface area (Å²) >= 11 is 0. The van der Waals surface area contributed by atoms with Gasteiger partial charge in [0.15, 0.2) is 0 Å². The molecule has 19 heavy (non-hydrogen) atoms. The Labute approximate surface area is 110 Å². The van der Waals surface area contributed by atoms with Crippen LogP contribution in [-0.4, -0.2) is 18.1 Å². The van der Waals surface area contributed by atoms with Crippen molar-refractivity contribution in [2.24, 2.45) is 0 Å². The van der Waals surface area contributed by atoms with Gasteiger partial charge in [0.25, 0.3) is 0 Å². The highest BCUT2D eigenvalue weighted by Gasteiger charge is 2.16. The van der Waals surface area contributed by atoms with Crippen LogP contribution in [0.25, 0.3) is 0 Å². The van der Waals surface area contributed by atoms with E-state index in [0.717, 1.165) is 5.69 Å². The van der Waals surface area contributed by atoms with E-state index in [1.807, 2.05) is 17.0 Å². The van der Waals surface area contributed by atoms with Crippen LogP contribution in [0.4, 0.5) is 5.69 Å². The molecule has 0 amide bonds. The highest BCUT2D eigenvalue weighted by Crippen LogP contribution is 2.21. The van der Waals surface area contributed by atoms with Gasteiger partial charge in [0.2, 0.25) is 5.76 Å². The molecule has 96 valence electrons. The lowest BCUT2D eigenvalue weighted by atomic mass is 10.1. The lowest BCUT2D eigenvalue weighted by molar-refractivity contribution is 0.0661. The van der Waals surface area contributed by atoms with Crippen molar-refractivity contribution < 1.29 is 14.3 Å². The fourth-order valence-corrected chi connectivity index (χ4v) is 1.89. The number of nitrogens with zero attached hydrogens (tertiary/aromatic N) is 2. The highest BCUT2D eigenvalue weighted by atomic mass is 16.4. The third-order valence-corrected chi connectivity index (χ3v) is 2.78. The van der Waals surface area contributed by atoms with Gasteiger partial charge in [-0.15, -0.1) is 0 Å². The van der Waals surface area contributed by atoms with Crippen LogP contribution in [0.2, 0.25) is 0 Å². The predicted molar refractivity (Wildman–Crippen MR) is 68.9 cm³/mol. The summed E-state index contributed by atoms with van der Waals surface area (Å²) < 4.78 is 4.93. The lowest BCUT2D eigenvalue weighted by Gasteiger charge is -2.19. The predicted octanol–water partition coefficient (Wildman–Crippen LogP) is 2.49. The number of aromatic carboxylic acids is 1. The Bertz CT molecular complexity index is 640.